The number of nitrogens with one attached hydrogen (secondary N) is 1. The minimum atomic E-state index is -0.473. The minimum absolute atomic E-state index is 0.00650. The third-order valence-electron chi connectivity index (χ3n) is 2.72. The van der Waals surface area contributed by atoms with Gasteiger partial charge in [0.25, 0.3) is 0 Å². The molecule has 0 saturated carbocycles. The van der Waals surface area contributed by atoms with E-state index in [0.717, 1.165) is 17.9 Å². The Hall–Kier alpha value is -1.14. The van der Waals surface area contributed by atoms with Gasteiger partial charge in [-0.05, 0) is 37.3 Å². The van der Waals surface area contributed by atoms with E-state index < -0.39 is 10.0 Å². The Labute approximate surface area is 134 Å². The summed E-state index contributed by atoms with van der Waals surface area (Å²) in [6, 6.07) is 0. The molecule has 1 aliphatic rings. The number of amides is 1. The highest BCUT2D eigenvalue weighted by molar-refractivity contribution is 8.19. The number of carbonyl (C=O) groups is 2. The number of hydrogen-bond acceptors (Lipinski definition) is 5. The van der Waals surface area contributed by atoms with E-state index >= 15 is 0 Å². The van der Waals surface area contributed by atoms with E-state index in [9.17, 15) is 9.59 Å². The van der Waals surface area contributed by atoms with E-state index in [-0.39, 0.29) is 5.91 Å². The average Bonchev–Trinajstić information content (AvgIpc) is 2.47. The van der Waals surface area contributed by atoms with Crippen LogP contribution in [0.25, 0.3) is 0 Å². The minimum Gasteiger partial charge on any atom is -0.431 e. The van der Waals surface area contributed by atoms with Crippen molar-refractivity contribution in [2.75, 3.05) is 18.1 Å². The Kier molecular flexibility index (Phi) is 7.67. The first-order valence-corrected chi connectivity index (χ1v) is 8.67. The molecule has 1 aliphatic heterocycles. The van der Waals surface area contributed by atoms with E-state index in [1.165, 1.54) is 6.26 Å². The van der Waals surface area contributed by atoms with Crippen molar-refractivity contribution in [3.8, 4) is 0 Å². The van der Waals surface area contributed by atoms with Crippen LogP contribution in [-0.2, 0) is 14.3 Å². The maximum absolute atomic E-state index is 12.4. The zero-order valence-electron chi connectivity index (χ0n) is 12.2. The van der Waals surface area contributed by atoms with E-state index in [0.29, 0.717) is 18.5 Å². The van der Waals surface area contributed by atoms with Crippen molar-refractivity contribution < 1.29 is 14.3 Å². The molecule has 21 heavy (non-hydrogen) atoms. The molecule has 1 amide bonds. The smallest absolute Gasteiger partial charge is 0.337 e. The lowest BCUT2D eigenvalue weighted by Crippen LogP contribution is -2.43. The number of rotatable bonds is 7. The van der Waals surface area contributed by atoms with Gasteiger partial charge in [0.05, 0.1) is 6.26 Å². The summed E-state index contributed by atoms with van der Waals surface area (Å²) in [6.07, 6.45) is 6.42. The van der Waals surface area contributed by atoms with Gasteiger partial charge in [-0.2, -0.15) is 0 Å². The molecule has 0 aromatic heterocycles. The van der Waals surface area contributed by atoms with Gasteiger partial charge in [-0.3, -0.25) is 4.79 Å². The Morgan fingerprint density at radius 2 is 2.05 bits per heavy atom. The van der Waals surface area contributed by atoms with Crippen LogP contribution in [0.2, 0.25) is 0 Å². The second kappa shape index (κ2) is 9.00. The van der Waals surface area contributed by atoms with Crippen LogP contribution in [0.4, 0.5) is 0 Å². The monoisotopic (exact) mass is 327 g/mol. The zero-order valence-corrected chi connectivity index (χ0v) is 13.9. The highest BCUT2D eigenvalue weighted by Gasteiger charge is 2.39. The lowest BCUT2D eigenvalue weighted by atomic mass is 10.2. The third-order valence-corrected chi connectivity index (χ3v) is 6.05. The molecule has 1 saturated heterocycles. The lowest BCUT2D eigenvalue weighted by Gasteiger charge is -2.33. The summed E-state index contributed by atoms with van der Waals surface area (Å²) >= 11 is 3.35. The van der Waals surface area contributed by atoms with Crippen molar-refractivity contribution in [2.24, 2.45) is 0 Å². The number of hydrogen-bond donors (Lipinski definition) is 1. The van der Waals surface area contributed by atoms with Crippen molar-refractivity contribution in [3.63, 3.8) is 0 Å². The van der Waals surface area contributed by atoms with Crippen LogP contribution in [0, 0.1) is 0 Å². The van der Waals surface area contributed by atoms with Crippen molar-refractivity contribution >= 4 is 35.4 Å². The van der Waals surface area contributed by atoms with Gasteiger partial charge in [-0.25, -0.2) is 4.79 Å². The molecule has 0 atom stereocenters. The average molecular weight is 327 g/mol. The standard InChI is InChI=1S/C15H21NO3S2/c1-4-7-15(20-10-6-11-21-15)14(18)16-8-5-9-19-13(17)12(2)3/h4-5,9H,1-2,6-8,10-11H2,3H3,(H,16,18). The van der Waals surface area contributed by atoms with Crippen molar-refractivity contribution in [3.05, 3.63) is 37.1 Å². The fourth-order valence-electron chi connectivity index (χ4n) is 1.65. The van der Waals surface area contributed by atoms with E-state index in [1.807, 2.05) is 0 Å². The highest BCUT2D eigenvalue weighted by Crippen LogP contribution is 2.45. The van der Waals surface area contributed by atoms with Crippen LogP contribution in [0.5, 0.6) is 0 Å². The molecule has 0 aliphatic carbocycles. The lowest BCUT2D eigenvalue weighted by molar-refractivity contribution is -0.133. The molecule has 1 heterocycles. The molecule has 0 bridgehead atoms. The summed E-state index contributed by atoms with van der Waals surface area (Å²) in [6.45, 7) is 9.12. The fourth-order valence-corrected chi connectivity index (χ4v) is 4.78. The normalized spacial score (nSPS) is 17.2. The summed E-state index contributed by atoms with van der Waals surface area (Å²) in [5, 5.41) is 2.85. The first-order chi connectivity index (χ1) is 10.0. The van der Waals surface area contributed by atoms with Crippen LogP contribution in [0.1, 0.15) is 19.8 Å². The molecule has 0 spiro atoms. The quantitative estimate of drug-likeness (QED) is 0.337. The Morgan fingerprint density at radius 1 is 1.38 bits per heavy atom. The molecular formula is C15H21NO3S2. The zero-order chi connectivity index (χ0) is 15.7. The molecule has 0 aromatic carbocycles. The predicted molar refractivity (Wildman–Crippen MR) is 90.1 cm³/mol. The van der Waals surface area contributed by atoms with Crippen molar-refractivity contribution in [2.45, 2.75) is 23.8 Å². The second-order valence-electron chi connectivity index (χ2n) is 4.56. The van der Waals surface area contributed by atoms with Crippen LogP contribution >= 0.6 is 23.5 Å². The number of ether oxygens (including phenoxy) is 1. The molecule has 0 unspecified atom stereocenters. The van der Waals surface area contributed by atoms with E-state index in [1.54, 1.807) is 42.6 Å². The Bertz CT molecular complexity index is 440. The first kappa shape index (κ1) is 17.9. The number of carbonyl (C=O) groups excluding carboxylic acids is 2. The van der Waals surface area contributed by atoms with Gasteiger partial charge in [-0.1, -0.05) is 12.7 Å². The maximum Gasteiger partial charge on any atom is 0.337 e. The molecular weight excluding hydrogens is 306 g/mol. The molecule has 0 radical (unpaired) electrons. The molecule has 4 nitrogen and oxygen atoms in total. The molecule has 0 aromatic rings. The predicted octanol–water partition coefficient (Wildman–Crippen LogP) is 2.88. The van der Waals surface area contributed by atoms with Gasteiger partial charge >= 0.3 is 5.97 Å². The summed E-state index contributed by atoms with van der Waals surface area (Å²) < 4.78 is 4.34. The van der Waals surface area contributed by atoms with Gasteiger partial charge in [0.15, 0.2) is 0 Å². The Morgan fingerprint density at radius 3 is 2.62 bits per heavy atom. The first-order valence-electron chi connectivity index (χ1n) is 6.70. The molecule has 1 rings (SSSR count). The van der Waals surface area contributed by atoms with Crippen LogP contribution in [0.15, 0.2) is 37.1 Å². The highest BCUT2D eigenvalue weighted by atomic mass is 32.2. The van der Waals surface area contributed by atoms with Crippen LogP contribution in [-0.4, -0.2) is 34.0 Å². The van der Waals surface area contributed by atoms with Crippen LogP contribution < -0.4 is 5.32 Å². The van der Waals surface area contributed by atoms with Gasteiger partial charge in [0, 0.05) is 12.1 Å². The largest absolute Gasteiger partial charge is 0.431 e. The van der Waals surface area contributed by atoms with E-state index in [4.69, 9.17) is 4.74 Å². The molecule has 6 heteroatoms. The van der Waals surface area contributed by atoms with Gasteiger partial charge in [0.2, 0.25) is 5.91 Å². The van der Waals surface area contributed by atoms with Crippen molar-refractivity contribution in [1.82, 2.24) is 5.32 Å². The van der Waals surface area contributed by atoms with Gasteiger partial charge in [-0.15, -0.1) is 30.1 Å². The van der Waals surface area contributed by atoms with Crippen molar-refractivity contribution in [1.29, 1.82) is 0 Å². The van der Waals surface area contributed by atoms with Crippen LogP contribution in [0.3, 0.4) is 0 Å². The molecule has 1 N–H and O–H groups in total. The number of esters is 1. The number of allylic oxidation sites excluding steroid dienone is 1. The summed E-state index contributed by atoms with van der Waals surface area (Å²) in [5.41, 5.74) is 0.337. The molecule has 116 valence electrons. The number of thioether (sulfide) groups is 2. The maximum atomic E-state index is 12.4. The van der Waals surface area contributed by atoms with E-state index in [2.05, 4.69) is 18.5 Å². The topological polar surface area (TPSA) is 55.4 Å². The fraction of sp³-hybridized carbons (Fsp3) is 0.467. The molecule has 1 fully saturated rings. The summed E-state index contributed by atoms with van der Waals surface area (Å²) in [4.78, 5) is 23.5. The van der Waals surface area contributed by atoms with Gasteiger partial charge in [0.1, 0.15) is 4.08 Å². The summed E-state index contributed by atoms with van der Waals surface area (Å²) in [5.74, 6) is 1.49. The SMILES string of the molecule is C=CCC1(C(=O)NCC=COC(=O)C(=C)C)SCCCS1. The van der Waals surface area contributed by atoms with Gasteiger partial charge < -0.3 is 10.1 Å². The third kappa shape index (κ3) is 5.63. The Balaban J connectivity index is 2.44. The second-order valence-corrected chi connectivity index (χ2v) is 7.61. The summed E-state index contributed by atoms with van der Waals surface area (Å²) in [7, 11) is 0.